The van der Waals surface area contributed by atoms with Crippen molar-refractivity contribution in [3.63, 3.8) is 0 Å². The van der Waals surface area contributed by atoms with Gasteiger partial charge < -0.3 is 5.11 Å². The Morgan fingerprint density at radius 2 is 1.64 bits per heavy atom. The minimum absolute atomic E-state index is 0.292. The maximum absolute atomic E-state index is 10.1. The third kappa shape index (κ3) is 7.98. The van der Waals surface area contributed by atoms with Crippen LogP contribution in [0.5, 0.6) is 0 Å². The second-order valence-electron chi connectivity index (χ2n) is 3.68. The molecule has 0 saturated carbocycles. The number of hydrogen-bond acceptors (Lipinski definition) is 3. The molecule has 0 bridgehead atoms. The molecule has 0 aliphatic carbocycles. The van der Waals surface area contributed by atoms with Gasteiger partial charge in [0, 0.05) is 6.42 Å². The summed E-state index contributed by atoms with van der Waals surface area (Å²) in [6.45, 7) is 2.17. The number of aliphatic hydroxyl groups excluding tert-OH is 1. The molecular formula is C10H21NO3. The Labute approximate surface area is 85.5 Å². The van der Waals surface area contributed by atoms with E-state index in [0.29, 0.717) is 6.42 Å². The second kappa shape index (κ2) is 8.94. The minimum atomic E-state index is -1.36. The Balaban J connectivity index is 3.09. The monoisotopic (exact) mass is 203 g/mol. The number of rotatable bonds is 9. The van der Waals surface area contributed by atoms with Crippen LogP contribution in [-0.4, -0.2) is 16.3 Å². The van der Waals surface area contributed by atoms with Gasteiger partial charge in [-0.05, 0) is 6.42 Å². The Morgan fingerprint density at radius 3 is 2.14 bits per heavy atom. The second-order valence-corrected chi connectivity index (χ2v) is 3.68. The lowest BCUT2D eigenvalue weighted by Gasteiger charge is -2.02. The largest absolute Gasteiger partial charge is 0.333 e. The standard InChI is InChI=1S/C10H21NO3/c1-2-3-4-5-6-7-8-9-10(12)11(13)14/h10,12H,2-9H2,1H3. The van der Waals surface area contributed by atoms with Gasteiger partial charge in [-0.15, -0.1) is 0 Å². The zero-order valence-electron chi connectivity index (χ0n) is 8.95. The van der Waals surface area contributed by atoms with Crippen molar-refractivity contribution in [2.24, 2.45) is 0 Å². The molecule has 0 heterocycles. The first-order chi connectivity index (χ1) is 6.68. The zero-order valence-corrected chi connectivity index (χ0v) is 8.95. The van der Waals surface area contributed by atoms with Crippen LogP contribution in [0, 0.1) is 10.1 Å². The molecule has 84 valence electrons. The topological polar surface area (TPSA) is 63.4 Å². The van der Waals surface area contributed by atoms with E-state index in [-0.39, 0.29) is 0 Å². The van der Waals surface area contributed by atoms with E-state index in [9.17, 15) is 10.1 Å². The highest BCUT2D eigenvalue weighted by atomic mass is 16.7. The van der Waals surface area contributed by atoms with E-state index < -0.39 is 11.2 Å². The summed E-state index contributed by atoms with van der Waals surface area (Å²) in [6, 6.07) is 0. The fraction of sp³-hybridized carbons (Fsp3) is 1.00. The molecule has 1 unspecified atom stereocenters. The molecule has 1 atom stereocenters. The summed E-state index contributed by atoms with van der Waals surface area (Å²) in [4.78, 5) is 9.43. The first-order valence-corrected chi connectivity index (χ1v) is 5.50. The summed E-state index contributed by atoms with van der Waals surface area (Å²) in [5.41, 5.74) is 0. The Hall–Kier alpha value is -0.640. The van der Waals surface area contributed by atoms with Crippen molar-refractivity contribution in [1.82, 2.24) is 0 Å². The number of unbranched alkanes of at least 4 members (excludes halogenated alkanes) is 6. The molecular weight excluding hydrogens is 182 g/mol. The van der Waals surface area contributed by atoms with Gasteiger partial charge in [0.05, 0.1) is 4.92 Å². The van der Waals surface area contributed by atoms with E-state index in [1.54, 1.807) is 0 Å². The molecule has 4 nitrogen and oxygen atoms in total. The minimum Gasteiger partial charge on any atom is -0.333 e. The van der Waals surface area contributed by atoms with Crippen molar-refractivity contribution in [3.05, 3.63) is 10.1 Å². The smallest absolute Gasteiger partial charge is 0.312 e. The summed E-state index contributed by atoms with van der Waals surface area (Å²) < 4.78 is 0. The van der Waals surface area contributed by atoms with Gasteiger partial charge >= 0.3 is 6.23 Å². The highest BCUT2D eigenvalue weighted by Gasteiger charge is 2.13. The van der Waals surface area contributed by atoms with Crippen LogP contribution in [-0.2, 0) is 0 Å². The average molecular weight is 203 g/mol. The average Bonchev–Trinajstić information content (AvgIpc) is 2.16. The summed E-state index contributed by atoms with van der Waals surface area (Å²) in [6.07, 6.45) is 6.80. The van der Waals surface area contributed by atoms with Crippen LogP contribution in [0.25, 0.3) is 0 Å². The molecule has 0 radical (unpaired) electrons. The molecule has 0 fully saturated rings. The predicted octanol–water partition coefficient (Wildman–Crippen LogP) is 2.72. The number of aliphatic hydroxyl groups is 1. The fourth-order valence-electron chi connectivity index (χ4n) is 1.39. The molecule has 0 aliphatic rings. The van der Waals surface area contributed by atoms with Crippen molar-refractivity contribution in [1.29, 1.82) is 0 Å². The van der Waals surface area contributed by atoms with E-state index in [0.717, 1.165) is 19.3 Å². The van der Waals surface area contributed by atoms with Gasteiger partial charge in [0.2, 0.25) is 0 Å². The van der Waals surface area contributed by atoms with Crippen LogP contribution in [0.15, 0.2) is 0 Å². The SMILES string of the molecule is CCCCCCCCCC(O)[N+](=O)[O-]. The van der Waals surface area contributed by atoms with E-state index in [2.05, 4.69) is 6.92 Å². The van der Waals surface area contributed by atoms with Crippen molar-refractivity contribution in [2.75, 3.05) is 0 Å². The first kappa shape index (κ1) is 13.4. The quantitative estimate of drug-likeness (QED) is 0.271. The molecule has 0 aliphatic heterocycles. The third-order valence-corrected chi connectivity index (χ3v) is 2.31. The molecule has 14 heavy (non-hydrogen) atoms. The lowest BCUT2D eigenvalue weighted by molar-refractivity contribution is -0.571. The van der Waals surface area contributed by atoms with Crippen molar-refractivity contribution in [2.45, 2.75) is 64.5 Å². The van der Waals surface area contributed by atoms with Gasteiger partial charge in [0.1, 0.15) is 0 Å². The molecule has 0 aromatic rings. The Kier molecular flexibility index (Phi) is 8.53. The van der Waals surface area contributed by atoms with Crippen LogP contribution < -0.4 is 0 Å². The Morgan fingerprint density at radius 1 is 1.14 bits per heavy atom. The molecule has 0 spiro atoms. The molecule has 0 aromatic heterocycles. The van der Waals surface area contributed by atoms with Crippen LogP contribution in [0.2, 0.25) is 0 Å². The number of hydrogen-bond donors (Lipinski definition) is 1. The first-order valence-electron chi connectivity index (χ1n) is 5.50. The zero-order chi connectivity index (χ0) is 10.8. The number of nitrogens with zero attached hydrogens (tertiary/aromatic N) is 1. The maximum atomic E-state index is 10.1. The van der Waals surface area contributed by atoms with E-state index in [1.165, 1.54) is 25.7 Å². The highest BCUT2D eigenvalue weighted by molar-refractivity contribution is 4.47. The van der Waals surface area contributed by atoms with Gasteiger partial charge in [0.25, 0.3) is 0 Å². The molecule has 0 rings (SSSR count). The van der Waals surface area contributed by atoms with Gasteiger partial charge in [0.15, 0.2) is 0 Å². The summed E-state index contributed by atoms with van der Waals surface area (Å²) >= 11 is 0. The van der Waals surface area contributed by atoms with Crippen LogP contribution in [0.3, 0.4) is 0 Å². The highest BCUT2D eigenvalue weighted by Crippen LogP contribution is 2.09. The molecule has 0 saturated heterocycles. The van der Waals surface area contributed by atoms with Crippen LogP contribution in [0.4, 0.5) is 0 Å². The van der Waals surface area contributed by atoms with Crippen molar-refractivity contribution >= 4 is 0 Å². The van der Waals surface area contributed by atoms with Gasteiger partial charge in [-0.1, -0.05) is 45.4 Å². The summed E-state index contributed by atoms with van der Waals surface area (Å²) in [5.74, 6) is 0. The summed E-state index contributed by atoms with van der Waals surface area (Å²) in [7, 11) is 0. The molecule has 0 aromatic carbocycles. The van der Waals surface area contributed by atoms with E-state index in [1.807, 2.05) is 0 Å². The van der Waals surface area contributed by atoms with Crippen molar-refractivity contribution < 1.29 is 10.0 Å². The lowest BCUT2D eigenvalue weighted by Crippen LogP contribution is -2.17. The molecule has 1 N–H and O–H groups in total. The van der Waals surface area contributed by atoms with Crippen LogP contribution in [0.1, 0.15) is 58.3 Å². The molecule has 0 amide bonds. The number of nitro groups is 1. The fourth-order valence-corrected chi connectivity index (χ4v) is 1.39. The van der Waals surface area contributed by atoms with Gasteiger partial charge in [-0.3, -0.25) is 10.1 Å². The summed E-state index contributed by atoms with van der Waals surface area (Å²) in [5, 5.41) is 18.9. The maximum Gasteiger partial charge on any atom is 0.312 e. The normalized spacial score (nSPS) is 12.7. The van der Waals surface area contributed by atoms with Crippen molar-refractivity contribution in [3.8, 4) is 0 Å². The predicted molar refractivity (Wildman–Crippen MR) is 55.6 cm³/mol. The Bertz CT molecular complexity index is 150. The van der Waals surface area contributed by atoms with E-state index >= 15 is 0 Å². The lowest BCUT2D eigenvalue weighted by atomic mass is 10.1. The van der Waals surface area contributed by atoms with Gasteiger partial charge in [-0.2, -0.15) is 0 Å². The van der Waals surface area contributed by atoms with Crippen LogP contribution >= 0.6 is 0 Å². The van der Waals surface area contributed by atoms with Gasteiger partial charge in [-0.25, -0.2) is 0 Å². The molecule has 4 heteroatoms. The van der Waals surface area contributed by atoms with E-state index in [4.69, 9.17) is 5.11 Å². The third-order valence-electron chi connectivity index (χ3n) is 2.31.